The number of carbonyl (C=O) groups excluding carboxylic acids is 5. The van der Waals surface area contributed by atoms with Gasteiger partial charge in [-0.3, -0.25) is 24.1 Å². The van der Waals surface area contributed by atoms with Crippen LogP contribution in [0.25, 0.3) is 0 Å². The number of Topliss-reactive ketones (excluding diaryl/α,β-unsaturated/α-hetero) is 1. The van der Waals surface area contributed by atoms with Gasteiger partial charge in [-0.1, -0.05) is 66.7 Å². The predicted molar refractivity (Wildman–Crippen MR) is 158 cm³/mol. The van der Waals surface area contributed by atoms with Crippen LogP contribution in [0.1, 0.15) is 61.2 Å². The van der Waals surface area contributed by atoms with Gasteiger partial charge in [0.25, 0.3) is 0 Å². The van der Waals surface area contributed by atoms with Crippen LogP contribution >= 0.6 is 0 Å². The molecular weight excluding hydrogens is 558 g/mol. The normalized spacial score (nSPS) is 20.9. The highest BCUT2D eigenvalue weighted by atomic mass is 16.5. The minimum absolute atomic E-state index is 0.106. The molecule has 2 atom stereocenters. The van der Waals surface area contributed by atoms with Crippen molar-refractivity contribution in [1.29, 1.82) is 0 Å². The molecular formula is C36H27NO7. The molecule has 2 bridgehead atoms. The Morgan fingerprint density at radius 3 is 1.64 bits per heavy atom. The first-order valence-electron chi connectivity index (χ1n) is 14.5. The van der Waals surface area contributed by atoms with E-state index >= 15 is 0 Å². The molecule has 8 nitrogen and oxygen atoms in total. The van der Waals surface area contributed by atoms with Crippen molar-refractivity contribution in [3.8, 4) is 5.75 Å². The summed E-state index contributed by atoms with van der Waals surface area (Å²) in [6.07, 6.45) is -0.214. The summed E-state index contributed by atoms with van der Waals surface area (Å²) in [5, 5.41) is 0. The molecule has 4 aromatic carbocycles. The second-order valence-electron chi connectivity index (χ2n) is 11.2. The molecule has 2 amide bonds. The molecule has 1 aliphatic heterocycles. The van der Waals surface area contributed by atoms with E-state index in [-0.39, 0.29) is 47.9 Å². The molecule has 0 saturated carbocycles. The smallest absolute Gasteiger partial charge is 0.343 e. The van der Waals surface area contributed by atoms with Crippen LogP contribution < -0.4 is 4.74 Å². The number of hydrogen-bond donors (Lipinski definition) is 0. The van der Waals surface area contributed by atoms with Crippen molar-refractivity contribution in [2.75, 3.05) is 13.2 Å². The lowest BCUT2D eigenvalue weighted by molar-refractivity contribution is -0.145. The van der Waals surface area contributed by atoms with Gasteiger partial charge < -0.3 is 9.47 Å². The number of esters is 2. The molecule has 8 heteroatoms. The topological polar surface area (TPSA) is 107 Å². The highest BCUT2D eigenvalue weighted by Crippen LogP contribution is 2.60. The van der Waals surface area contributed by atoms with E-state index in [2.05, 4.69) is 0 Å². The fraction of sp³-hybridized carbons (Fsp3) is 0.194. The average Bonchev–Trinajstić information content (AvgIpc) is 3.32. The lowest BCUT2D eigenvalue weighted by Crippen LogP contribution is -2.41. The zero-order chi connectivity index (χ0) is 30.4. The molecule has 3 aliphatic carbocycles. The second-order valence-corrected chi connectivity index (χ2v) is 11.2. The van der Waals surface area contributed by atoms with Crippen molar-refractivity contribution in [1.82, 2.24) is 4.90 Å². The summed E-state index contributed by atoms with van der Waals surface area (Å²) in [4.78, 5) is 66.0. The fourth-order valence-electron chi connectivity index (χ4n) is 6.91. The minimum atomic E-state index is -0.684. The van der Waals surface area contributed by atoms with E-state index in [0.717, 1.165) is 22.3 Å². The first kappa shape index (κ1) is 27.5. The van der Waals surface area contributed by atoms with Gasteiger partial charge in [-0.25, -0.2) is 4.79 Å². The van der Waals surface area contributed by atoms with Crippen molar-refractivity contribution in [2.45, 2.75) is 18.3 Å². The van der Waals surface area contributed by atoms with Gasteiger partial charge in [0.15, 0.2) is 12.4 Å². The first-order valence-corrected chi connectivity index (χ1v) is 14.5. The molecule has 1 saturated heterocycles. The van der Waals surface area contributed by atoms with Crippen LogP contribution in [-0.2, 0) is 19.1 Å². The number of ketones is 1. The van der Waals surface area contributed by atoms with Gasteiger partial charge >= 0.3 is 11.9 Å². The molecule has 2 unspecified atom stereocenters. The number of hydrogen-bond acceptors (Lipinski definition) is 7. The fourth-order valence-corrected chi connectivity index (χ4v) is 6.91. The number of benzene rings is 4. The van der Waals surface area contributed by atoms with Crippen LogP contribution in [0, 0.1) is 11.8 Å². The summed E-state index contributed by atoms with van der Waals surface area (Å²) in [5.74, 6) is -3.35. The van der Waals surface area contributed by atoms with Gasteiger partial charge in [0.2, 0.25) is 11.8 Å². The van der Waals surface area contributed by atoms with Crippen molar-refractivity contribution in [3.05, 3.63) is 137 Å². The van der Waals surface area contributed by atoms with Gasteiger partial charge in [0, 0.05) is 23.9 Å². The Hall–Kier alpha value is -5.37. The Morgan fingerprint density at radius 2 is 1.11 bits per heavy atom. The SMILES string of the molecule is O=C(CCN1C(=O)C2C3c4ccccc4C(c4ccccc43)C2C1=O)OCC(=O)c1ccc(OC(=O)c2ccccc2)cc1. The average molecular weight is 586 g/mol. The molecule has 218 valence electrons. The van der Waals surface area contributed by atoms with E-state index in [1.165, 1.54) is 29.2 Å². The number of imide groups is 1. The van der Waals surface area contributed by atoms with Crippen molar-refractivity contribution in [3.63, 3.8) is 0 Å². The van der Waals surface area contributed by atoms with Crippen LogP contribution in [0.3, 0.4) is 0 Å². The lowest BCUT2D eigenvalue weighted by Gasteiger charge is -2.45. The molecule has 1 heterocycles. The van der Waals surface area contributed by atoms with E-state index < -0.39 is 36.2 Å². The van der Waals surface area contributed by atoms with Gasteiger partial charge in [-0.2, -0.15) is 0 Å². The molecule has 44 heavy (non-hydrogen) atoms. The Kier molecular flexibility index (Phi) is 6.89. The molecule has 1 fully saturated rings. The van der Waals surface area contributed by atoms with Crippen LogP contribution in [-0.4, -0.2) is 47.6 Å². The Bertz CT molecular complexity index is 1700. The van der Waals surface area contributed by atoms with Gasteiger partial charge in [-0.05, 0) is 58.7 Å². The Balaban J connectivity index is 0.962. The van der Waals surface area contributed by atoms with Crippen molar-refractivity contribution in [2.24, 2.45) is 11.8 Å². The third-order valence-electron chi connectivity index (χ3n) is 8.84. The zero-order valence-electron chi connectivity index (χ0n) is 23.6. The summed E-state index contributed by atoms with van der Waals surface area (Å²) < 4.78 is 10.5. The molecule has 0 N–H and O–H groups in total. The summed E-state index contributed by atoms with van der Waals surface area (Å²) in [5.41, 5.74) is 5.02. The minimum Gasteiger partial charge on any atom is -0.457 e. The summed E-state index contributed by atoms with van der Waals surface area (Å²) in [6, 6.07) is 30.5. The largest absolute Gasteiger partial charge is 0.457 e. The van der Waals surface area contributed by atoms with Crippen LogP contribution in [0.15, 0.2) is 103 Å². The molecule has 4 aliphatic rings. The summed E-state index contributed by atoms with van der Waals surface area (Å²) in [7, 11) is 0. The van der Waals surface area contributed by atoms with E-state index in [0.29, 0.717) is 5.56 Å². The molecule has 4 aromatic rings. The number of amides is 2. The first-order chi connectivity index (χ1) is 21.4. The zero-order valence-corrected chi connectivity index (χ0v) is 23.6. The van der Waals surface area contributed by atoms with E-state index in [4.69, 9.17) is 9.47 Å². The number of likely N-dealkylation sites (tertiary alicyclic amines) is 1. The number of nitrogens with zero attached hydrogens (tertiary/aromatic N) is 1. The van der Waals surface area contributed by atoms with Gasteiger partial charge in [0.1, 0.15) is 5.75 Å². The van der Waals surface area contributed by atoms with Crippen LogP contribution in [0.2, 0.25) is 0 Å². The van der Waals surface area contributed by atoms with Crippen molar-refractivity contribution >= 4 is 29.5 Å². The summed E-state index contributed by atoms with van der Waals surface area (Å²) in [6.45, 7) is -0.602. The summed E-state index contributed by atoms with van der Waals surface area (Å²) >= 11 is 0. The monoisotopic (exact) mass is 585 g/mol. The van der Waals surface area contributed by atoms with Crippen molar-refractivity contribution < 1.29 is 33.4 Å². The van der Waals surface area contributed by atoms with Gasteiger partial charge in [-0.15, -0.1) is 0 Å². The molecule has 8 rings (SSSR count). The predicted octanol–water partition coefficient (Wildman–Crippen LogP) is 4.91. The molecule has 0 radical (unpaired) electrons. The highest BCUT2D eigenvalue weighted by molar-refractivity contribution is 6.08. The number of rotatable bonds is 8. The van der Waals surface area contributed by atoms with Crippen LogP contribution in [0.4, 0.5) is 0 Å². The van der Waals surface area contributed by atoms with E-state index in [1.54, 1.807) is 30.3 Å². The third kappa shape index (κ3) is 4.59. The standard InChI is InChI=1S/C36H27NO7/c38-28(21-14-16-23(17-15-21)44-36(42)22-8-2-1-3-9-22)20-43-29(39)18-19-37-34(40)32-30-24-10-4-5-11-25(24)31(33(32)35(37)41)27-13-7-6-12-26(27)30/h1-17,30-33H,18-20H2. The number of carbonyl (C=O) groups is 5. The third-order valence-corrected chi connectivity index (χ3v) is 8.84. The maximum atomic E-state index is 13.7. The Morgan fingerprint density at radius 1 is 0.614 bits per heavy atom. The second kappa shape index (κ2) is 11.0. The lowest BCUT2D eigenvalue weighted by atomic mass is 9.55. The number of ether oxygens (including phenoxy) is 2. The highest BCUT2D eigenvalue weighted by Gasteiger charge is 2.61. The maximum absolute atomic E-state index is 13.7. The Labute approximate surface area is 253 Å². The van der Waals surface area contributed by atoms with Gasteiger partial charge in [0.05, 0.1) is 23.8 Å². The maximum Gasteiger partial charge on any atom is 0.343 e. The molecule has 0 aromatic heterocycles. The molecule has 0 spiro atoms. The van der Waals surface area contributed by atoms with Crippen LogP contribution in [0.5, 0.6) is 5.75 Å². The van der Waals surface area contributed by atoms with E-state index in [1.807, 2.05) is 48.5 Å². The quantitative estimate of drug-likeness (QED) is 0.125. The van der Waals surface area contributed by atoms with E-state index in [9.17, 15) is 24.0 Å².